The summed E-state index contributed by atoms with van der Waals surface area (Å²) in [5.41, 5.74) is -0.0861. The van der Waals surface area contributed by atoms with Gasteiger partial charge in [0, 0.05) is 31.5 Å². The molecular weight excluding hydrogens is 389 g/mol. The summed E-state index contributed by atoms with van der Waals surface area (Å²) in [6.07, 6.45) is 1.92. The quantitative estimate of drug-likeness (QED) is 0.769. The molecule has 1 aliphatic carbocycles. The molecule has 152 valence electrons. The van der Waals surface area contributed by atoms with Crippen molar-refractivity contribution in [3.63, 3.8) is 0 Å². The van der Waals surface area contributed by atoms with Gasteiger partial charge in [-0.1, -0.05) is 54.6 Å². The lowest BCUT2D eigenvalue weighted by atomic mass is 9.54. The van der Waals surface area contributed by atoms with E-state index >= 15 is 0 Å². The first-order valence-electron chi connectivity index (χ1n) is 10.1. The van der Waals surface area contributed by atoms with Crippen LogP contribution >= 0.6 is 0 Å². The molecule has 2 aromatic rings. The molecule has 2 aromatic carbocycles. The molecule has 5 nitrogen and oxygen atoms in total. The molecule has 0 aromatic heterocycles. The second-order valence-electron chi connectivity index (χ2n) is 8.00. The summed E-state index contributed by atoms with van der Waals surface area (Å²) in [6, 6.07) is 22.2. The van der Waals surface area contributed by atoms with Crippen molar-refractivity contribution < 1.29 is 4.39 Å². The largest absolute Gasteiger partial charge is 0.305 e. The topological polar surface area (TPSA) is 98.5 Å². The smallest absolute Gasteiger partial charge is 0.189 e. The Hall–Kier alpha value is -3.79. The SMILES string of the molecule is N#CC1C(=N)C(C#N)(C#N)[C@@H](c2ccccc2F)[C@H]2CN(Cc3ccccc3)CC=C12. The van der Waals surface area contributed by atoms with Crippen molar-refractivity contribution in [3.8, 4) is 18.2 Å². The van der Waals surface area contributed by atoms with Gasteiger partial charge in [-0.25, -0.2) is 4.39 Å². The Kier molecular flexibility index (Phi) is 5.38. The second-order valence-corrected chi connectivity index (χ2v) is 8.00. The predicted octanol–water partition coefficient (Wildman–Crippen LogP) is 4.17. The molecule has 1 N–H and O–H groups in total. The average molecular weight is 409 g/mol. The molecule has 4 rings (SSSR count). The number of nitrogens with zero attached hydrogens (tertiary/aromatic N) is 4. The van der Waals surface area contributed by atoms with E-state index in [0.29, 0.717) is 25.2 Å². The molecule has 1 aliphatic heterocycles. The van der Waals surface area contributed by atoms with Gasteiger partial charge >= 0.3 is 0 Å². The van der Waals surface area contributed by atoms with Gasteiger partial charge in [0.05, 0.1) is 23.9 Å². The monoisotopic (exact) mass is 409 g/mol. The third-order valence-corrected chi connectivity index (χ3v) is 6.36. The van der Waals surface area contributed by atoms with Crippen LogP contribution in [0.25, 0.3) is 0 Å². The standard InChI is InChI=1S/C25H20FN5/c26-22-9-5-4-8-19(22)23-21-14-31(13-17-6-2-1-3-7-17)11-10-18(21)20(12-27)24(30)25(23,15-28)16-29/h1-10,20-21,23,30H,11,13-14H2/t20?,21-,23-/m0/s1. The molecule has 6 heteroatoms. The Labute approximate surface area is 180 Å². The molecule has 1 heterocycles. The van der Waals surface area contributed by atoms with Crippen molar-refractivity contribution in [1.82, 2.24) is 4.90 Å². The summed E-state index contributed by atoms with van der Waals surface area (Å²) < 4.78 is 14.9. The maximum atomic E-state index is 14.9. The molecular formula is C25H20FN5. The van der Waals surface area contributed by atoms with E-state index in [4.69, 9.17) is 5.41 Å². The van der Waals surface area contributed by atoms with Crippen LogP contribution in [0.1, 0.15) is 17.0 Å². The molecule has 0 bridgehead atoms. The Bertz CT molecular complexity index is 1150. The number of fused-ring (bicyclic) bond motifs is 1. The molecule has 2 aliphatic rings. The lowest BCUT2D eigenvalue weighted by molar-refractivity contribution is 0.196. The summed E-state index contributed by atoms with van der Waals surface area (Å²) in [4.78, 5) is 2.17. The minimum Gasteiger partial charge on any atom is -0.305 e. The van der Waals surface area contributed by atoms with Crippen LogP contribution in [0.5, 0.6) is 0 Å². The summed E-state index contributed by atoms with van der Waals surface area (Å²) in [6.45, 7) is 1.71. The molecule has 0 radical (unpaired) electrons. The van der Waals surface area contributed by atoms with E-state index in [1.165, 1.54) is 6.07 Å². The third kappa shape index (κ3) is 3.30. The highest BCUT2D eigenvalue weighted by atomic mass is 19.1. The number of halogens is 1. The summed E-state index contributed by atoms with van der Waals surface area (Å²) in [7, 11) is 0. The lowest BCUT2D eigenvalue weighted by Gasteiger charge is -2.47. The molecule has 0 amide bonds. The zero-order chi connectivity index (χ0) is 22.0. The fraction of sp³-hybridized carbons (Fsp3) is 0.280. The number of hydrogen-bond donors (Lipinski definition) is 1. The van der Waals surface area contributed by atoms with Crippen molar-refractivity contribution in [1.29, 1.82) is 21.2 Å². The van der Waals surface area contributed by atoms with Crippen LogP contribution in [0, 0.1) is 62.5 Å². The van der Waals surface area contributed by atoms with Crippen molar-refractivity contribution in [2.45, 2.75) is 12.5 Å². The highest BCUT2D eigenvalue weighted by Gasteiger charge is 2.58. The molecule has 1 fully saturated rings. The van der Waals surface area contributed by atoms with Crippen LogP contribution in [-0.4, -0.2) is 23.7 Å². The van der Waals surface area contributed by atoms with Crippen LogP contribution in [0.15, 0.2) is 66.2 Å². The van der Waals surface area contributed by atoms with Crippen LogP contribution in [0.2, 0.25) is 0 Å². The first kappa shape index (κ1) is 20.5. The highest BCUT2D eigenvalue weighted by Crippen LogP contribution is 2.53. The number of nitriles is 3. The minimum absolute atomic E-state index is 0.240. The van der Waals surface area contributed by atoms with Crippen molar-refractivity contribution in [3.05, 3.63) is 83.2 Å². The number of benzene rings is 2. The van der Waals surface area contributed by atoms with E-state index in [2.05, 4.69) is 11.0 Å². The Morgan fingerprint density at radius 2 is 1.71 bits per heavy atom. The van der Waals surface area contributed by atoms with Crippen LogP contribution in [0.4, 0.5) is 4.39 Å². The van der Waals surface area contributed by atoms with Crippen LogP contribution in [-0.2, 0) is 6.54 Å². The fourth-order valence-electron chi connectivity index (χ4n) is 4.91. The summed E-state index contributed by atoms with van der Waals surface area (Å²) >= 11 is 0. The number of rotatable bonds is 3. The average Bonchev–Trinajstić information content (AvgIpc) is 2.80. The fourth-order valence-corrected chi connectivity index (χ4v) is 4.91. The van der Waals surface area contributed by atoms with Crippen molar-refractivity contribution in [2.75, 3.05) is 13.1 Å². The van der Waals surface area contributed by atoms with Gasteiger partial charge in [-0.2, -0.15) is 15.8 Å². The van der Waals surface area contributed by atoms with E-state index in [1.807, 2.05) is 48.5 Å². The van der Waals surface area contributed by atoms with E-state index in [-0.39, 0.29) is 11.3 Å². The molecule has 31 heavy (non-hydrogen) atoms. The first-order valence-corrected chi connectivity index (χ1v) is 10.1. The second kappa shape index (κ2) is 8.15. The number of hydrogen-bond acceptors (Lipinski definition) is 5. The molecule has 0 spiro atoms. The maximum absolute atomic E-state index is 14.9. The van der Waals surface area contributed by atoms with Gasteiger partial charge in [-0.05, 0) is 22.8 Å². The zero-order valence-corrected chi connectivity index (χ0v) is 16.8. The van der Waals surface area contributed by atoms with Gasteiger partial charge in [-0.3, -0.25) is 4.90 Å². The van der Waals surface area contributed by atoms with E-state index in [9.17, 15) is 20.2 Å². The van der Waals surface area contributed by atoms with E-state index in [0.717, 1.165) is 5.56 Å². The van der Waals surface area contributed by atoms with E-state index in [1.54, 1.807) is 18.2 Å². The third-order valence-electron chi connectivity index (χ3n) is 6.36. The van der Waals surface area contributed by atoms with Gasteiger partial charge in [-0.15, -0.1) is 0 Å². The van der Waals surface area contributed by atoms with Crippen molar-refractivity contribution >= 4 is 5.71 Å². The van der Waals surface area contributed by atoms with Gasteiger partial charge < -0.3 is 5.41 Å². The molecule has 0 saturated heterocycles. The Morgan fingerprint density at radius 3 is 2.35 bits per heavy atom. The first-order chi connectivity index (χ1) is 15.1. The van der Waals surface area contributed by atoms with E-state index < -0.39 is 29.0 Å². The van der Waals surface area contributed by atoms with Crippen LogP contribution < -0.4 is 0 Å². The summed E-state index contributed by atoms with van der Waals surface area (Å²) in [5.74, 6) is -2.76. The number of nitrogens with one attached hydrogen (secondary N) is 1. The summed E-state index contributed by atoms with van der Waals surface area (Å²) in [5, 5.41) is 38.5. The normalized spacial score (nSPS) is 24.8. The van der Waals surface area contributed by atoms with Gasteiger partial charge in [0.25, 0.3) is 0 Å². The van der Waals surface area contributed by atoms with Crippen molar-refractivity contribution in [2.24, 2.45) is 17.3 Å². The van der Waals surface area contributed by atoms with Gasteiger partial charge in [0.2, 0.25) is 0 Å². The zero-order valence-electron chi connectivity index (χ0n) is 16.8. The molecule has 1 saturated carbocycles. The maximum Gasteiger partial charge on any atom is 0.189 e. The highest BCUT2D eigenvalue weighted by molar-refractivity contribution is 6.00. The minimum atomic E-state index is -1.90. The Morgan fingerprint density at radius 1 is 1.03 bits per heavy atom. The molecule has 3 atom stereocenters. The Balaban J connectivity index is 1.83. The predicted molar refractivity (Wildman–Crippen MR) is 113 cm³/mol. The van der Waals surface area contributed by atoms with Crippen LogP contribution in [0.3, 0.4) is 0 Å². The van der Waals surface area contributed by atoms with Gasteiger partial charge in [0.1, 0.15) is 11.7 Å². The lowest BCUT2D eigenvalue weighted by Crippen LogP contribution is -2.53. The van der Waals surface area contributed by atoms with Gasteiger partial charge in [0.15, 0.2) is 5.41 Å². The molecule has 1 unspecified atom stereocenters.